The molecule has 108 valence electrons. The number of hydrogen-bond acceptors (Lipinski definition) is 3. The third-order valence-electron chi connectivity index (χ3n) is 4.88. The number of likely N-dealkylation sites (tertiary alicyclic amines) is 1. The Balaban J connectivity index is 2.05. The van der Waals surface area contributed by atoms with Crippen LogP contribution in [0.2, 0.25) is 0 Å². The zero-order chi connectivity index (χ0) is 14.0. The number of nitrogens with zero attached hydrogens (tertiary/aromatic N) is 1. The molecule has 2 fully saturated rings. The summed E-state index contributed by atoms with van der Waals surface area (Å²) in [5.74, 6) is -1.06. The van der Waals surface area contributed by atoms with Gasteiger partial charge in [0.05, 0.1) is 11.3 Å². The molecule has 1 aliphatic heterocycles. The molecule has 0 aromatic heterocycles. The Bertz CT molecular complexity index is 364. The lowest BCUT2D eigenvalue weighted by atomic mass is 9.65. The van der Waals surface area contributed by atoms with Crippen molar-refractivity contribution in [3.8, 4) is 0 Å². The van der Waals surface area contributed by atoms with Crippen molar-refractivity contribution in [1.82, 2.24) is 4.90 Å². The van der Waals surface area contributed by atoms with Crippen molar-refractivity contribution in [1.29, 1.82) is 0 Å². The quantitative estimate of drug-likeness (QED) is 0.821. The summed E-state index contributed by atoms with van der Waals surface area (Å²) in [6.07, 6.45) is 4.23. The van der Waals surface area contributed by atoms with Crippen LogP contribution in [0.1, 0.15) is 39.0 Å². The molecule has 1 saturated heterocycles. The molecule has 1 saturated carbocycles. The van der Waals surface area contributed by atoms with E-state index in [9.17, 15) is 9.59 Å². The van der Waals surface area contributed by atoms with E-state index in [2.05, 4.69) is 0 Å². The van der Waals surface area contributed by atoms with E-state index in [0.29, 0.717) is 19.6 Å². The monoisotopic (exact) mass is 269 g/mol. The molecule has 5 heteroatoms. The van der Waals surface area contributed by atoms with Crippen molar-refractivity contribution in [3.05, 3.63) is 0 Å². The summed E-state index contributed by atoms with van der Waals surface area (Å²) in [6, 6.07) is -0.190. The van der Waals surface area contributed by atoms with Crippen LogP contribution in [-0.2, 0) is 14.3 Å². The van der Waals surface area contributed by atoms with E-state index < -0.39 is 11.9 Å². The number of amides is 1. The SMILES string of the molecule is COCCC1(C(=O)N2CCC(C(=O)O)C2C)CCC1. The maximum atomic E-state index is 12.7. The summed E-state index contributed by atoms with van der Waals surface area (Å²) < 4.78 is 5.11. The van der Waals surface area contributed by atoms with Gasteiger partial charge in [0, 0.05) is 26.3 Å². The van der Waals surface area contributed by atoms with Crippen LogP contribution >= 0.6 is 0 Å². The van der Waals surface area contributed by atoms with Gasteiger partial charge in [0.2, 0.25) is 5.91 Å². The van der Waals surface area contributed by atoms with Crippen molar-refractivity contribution in [2.24, 2.45) is 11.3 Å². The molecule has 2 rings (SSSR count). The largest absolute Gasteiger partial charge is 0.481 e. The number of ether oxygens (including phenoxy) is 1. The highest BCUT2D eigenvalue weighted by atomic mass is 16.5. The van der Waals surface area contributed by atoms with Crippen LogP contribution in [0.15, 0.2) is 0 Å². The molecule has 19 heavy (non-hydrogen) atoms. The third-order valence-corrected chi connectivity index (χ3v) is 4.88. The first-order valence-electron chi connectivity index (χ1n) is 7.05. The second kappa shape index (κ2) is 5.49. The van der Waals surface area contributed by atoms with Crippen LogP contribution in [0.4, 0.5) is 0 Å². The van der Waals surface area contributed by atoms with Gasteiger partial charge >= 0.3 is 5.97 Å². The van der Waals surface area contributed by atoms with Crippen LogP contribution in [0.25, 0.3) is 0 Å². The first kappa shape index (κ1) is 14.3. The molecule has 2 aliphatic rings. The molecule has 2 unspecified atom stereocenters. The van der Waals surface area contributed by atoms with E-state index in [1.807, 2.05) is 6.92 Å². The normalized spacial score (nSPS) is 29.1. The van der Waals surface area contributed by atoms with Gasteiger partial charge in [-0.3, -0.25) is 9.59 Å². The molecule has 1 heterocycles. The summed E-state index contributed by atoms with van der Waals surface area (Å²) >= 11 is 0. The molecule has 0 radical (unpaired) electrons. The van der Waals surface area contributed by atoms with Gasteiger partial charge in [0.25, 0.3) is 0 Å². The van der Waals surface area contributed by atoms with E-state index in [1.54, 1.807) is 12.0 Å². The highest BCUT2D eigenvalue weighted by Crippen LogP contribution is 2.46. The molecule has 1 amide bonds. The number of carbonyl (C=O) groups excluding carboxylic acids is 1. The van der Waals surface area contributed by atoms with Crippen molar-refractivity contribution < 1.29 is 19.4 Å². The second-order valence-electron chi connectivity index (χ2n) is 5.85. The fourth-order valence-electron chi connectivity index (χ4n) is 3.33. The molecular weight excluding hydrogens is 246 g/mol. The summed E-state index contributed by atoms with van der Waals surface area (Å²) in [7, 11) is 1.65. The van der Waals surface area contributed by atoms with Crippen LogP contribution in [0.3, 0.4) is 0 Å². The fraction of sp³-hybridized carbons (Fsp3) is 0.857. The molecule has 0 bridgehead atoms. The summed E-state index contributed by atoms with van der Waals surface area (Å²) in [5, 5.41) is 9.14. The van der Waals surface area contributed by atoms with E-state index >= 15 is 0 Å². The first-order chi connectivity index (χ1) is 9.02. The van der Waals surface area contributed by atoms with Crippen LogP contribution in [-0.4, -0.2) is 48.2 Å². The van der Waals surface area contributed by atoms with Gasteiger partial charge in [-0.1, -0.05) is 6.42 Å². The maximum Gasteiger partial charge on any atom is 0.308 e. The lowest BCUT2D eigenvalue weighted by Gasteiger charge is -2.44. The Morgan fingerprint density at radius 2 is 2.11 bits per heavy atom. The molecular formula is C14H23NO4. The zero-order valence-corrected chi connectivity index (χ0v) is 11.7. The van der Waals surface area contributed by atoms with Gasteiger partial charge in [0.15, 0.2) is 0 Å². The zero-order valence-electron chi connectivity index (χ0n) is 11.7. The van der Waals surface area contributed by atoms with E-state index in [0.717, 1.165) is 25.7 Å². The molecule has 0 aromatic carbocycles. The van der Waals surface area contributed by atoms with Gasteiger partial charge in [-0.05, 0) is 32.6 Å². The lowest BCUT2D eigenvalue weighted by molar-refractivity contribution is -0.151. The standard InChI is InChI=1S/C14H23NO4/c1-10-11(12(16)17)4-8-15(10)13(18)14(5-3-6-14)7-9-19-2/h10-11H,3-9H2,1-2H3,(H,16,17). The van der Waals surface area contributed by atoms with Crippen LogP contribution in [0, 0.1) is 11.3 Å². The lowest BCUT2D eigenvalue weighted by Crippen LogP contribution is -2.50. The van der Waals surface area contributed by atoms with Gasteiger partial charge in [0.1, 0.15) is 0 Å². The minimum Gasteiger partial charge on any atom is -0.481 e. The molecule has 1 N–H and O–H groups in total. The molecule has 2 atom stereocenters. The predicted molar refractivity (Wildman–Crippen MR) is 69.7 cm³/mol. The van der Waals surface area contributed by atoms with Gasteiger partial charge in [-0.25, -0.2) is 0 Å². The highest BCUT2D eigenvalue weighted by molar-refractivity contribution is 5.85. The van der Waals surface area contributed by atoms with E-state index in [1.165, 1.54) is 0 Å². The summed E-state index contributed by atoms with van der Waals surface area (Å²) in [5.41, 5.74) is -0.280. The third kappa shape index (κ3) is 2.48. The Hall–Kier alpha value is -1.10. The average molecular weight is 269 g/mol. The minimum atomic E-state index is -0.789. The minimum absolute atomic E-state index is 0.145. The van der Waals surface area contributed by atoms with E-state index in [4.69, 9.17) is 9.84 Å². The highest BCUT2D eigenvalue weighted by Gasteiger charge is 2.49. The number of rotatable bonds is 5. The Morgan fingerprint density at radius 1 is 1.42 bits per heavy atom. The Kier molecular flexibility index (Phi) is 4.13. The van der Waals surface area contributed by atoms with Gasteiger partial charge in [-0.15, -0.1) is 0 Å². The second-order valence-corrected chi connectivity index (χ2v) is 5.85. The molecule has 0 spiro atoms. The van der Waals surface area contributed by atoms with Crippen LogP contribution < -0.4 is 0 Å². The maximum absolute atomic E-state index is 12.7. The average Bonchev–Trinajstić information content (AvgIpc) is 2.69. The van der Waals surface area contributed by atoms with E-state index in [-0.39, 0.29) is 17.4 Å². The smallest absolute Gasteiger partial charge is 0.308 e. The number of aliphatic carboxylic acids is 1. The summed E-state index contributed by atoms with van der Waals surface area (Å²) in [4.78, 5) is 25.6. The van der Waals surface area contributed by atoms with Crippen LogP contribution in [0.5, 0.6) is 0 Å². The van der Waals surface area contributed by atoms with Crippen molar-refractivity contribution in [2.45, 2.75) is 45.1 Å². The number of carbonyl (C=O) groups is 2. The molecule has 5 nitrogen and oxygen atoms in total. The first-order valence-corrected chi connectivity index (χ1v) is 7.05. The Labute approximate surface area is 113 Å². The Morgan fingerprint density at radius 3 is 2.53 bits per heavy atom. The predicted octanol–water partition coefficient (Wildman–Crippen LogP) is 1.51. The van der Waals surface area contributed by atoms with Crippen molar-refractivity contribution in [3.63, 3.8) is 0 Å². The fourth-order valence-corrected chi connectivity index (χ4v) is 3.33. The number of hydrogen-bond donors (Lipinski definition) is 1. The number of methoxy groups -OCH3 is 1. The van der Waals surface area contributed by atoms with Crippen molar-refractivity contribution >= 4 is 11.9 Å². The molecule has 1 aliphatic carbocycles. The number of carboxylic acids is 1. The van der Waals surface area contributed by atoms with Crippen molar-refractivity contribution in [2.75, 3.05) is 20.3 Å². The number of carboxylic acid groups (broad SMARTS) is 1. The molecule has 0 aromatic rings. The summed E-state index contributed by atoms with van der Waals surface area (Å²) in [6.45, 7) is 3.02. The van der Waals surface area contributed by atoms with Gasteiger partial charge in [-0.2, -0.15) is 0 Å². The van der Waals surface area contributed by atoms with Gasteiger partial charge < -0.3 is 14.7 Å². The topological polar surface area (TPSA) is 66.8 Å².